The number of halogens is 1. The van der Waals surface area contributed by atoms with E-state index in [4.69, 9.17) is 9.47 Å². The molecule has 1 aromatic rings. The third-order valence-corrected chi connectivity index (χ3v) is 4.42. The molecule has 0 aromatic heterocycles. The highest BCUT2D eigenvalue weighted by Gasteiger charge is 2.18. The number of hydrogen-bond acceptors (Lipinski definition) is 4. The zero-order valence-electron chi connectivity index (χ0n) is 12.6. The van der Waals surface area contributed by atoms with Gasteiger partial charge < -0.3 is 9.47 Å². The Hall–Kier alpha value is -0.910. The van der Waals surface area contributed by atoms with Crippen LogP contribution in [0.15, 0.2) is 22.7 Å². The fraction of sp³-hybridized carbons (Fsp3) is 0.562. The standard InChI is InChI=1S/C16H22BrNO3/c1-18(10-12-5-7-21-8-6-12)11-15(19)13-3-4-16(20-2)14(17)9-13/h3-4,9,12H,5-8,10-11H2,1-2H3. The molecule has 0 spiro atoms. The predicted octanol–water partition coefficient (Wildman–Crippen LogP) is 3.00. The van der Waals surface area contributed by atoms with Crippen LogP contribution in [0.25, 0.3) is 0 Å². The first kappa shape index (κ1) is 16.5. The van der Waals surface area contributed by atoms with E-state index in [2.05, 4.69) is 20.8 Å². The van der Waals surface area contributed by atoms with Gasteiger partial charge in [-0.25, -0.2) is 0 Å². The Balaban J connectivity index is 1.89. The van der Waals surface area contributed by atoms with Gasteiger partial charge in [-0.05, 0) is 59.9 Å². The van der Waals surface area contributed by atoms with Crippen LogP contribution in [0.2, 0.25) is 0 Å². The van der Waals surface area contributed by atoms with Crippen molar-refractivity contribution in [2.45, 2.75) is 12.8 Å². The molecule has 0 N–H and O–H groups in total. The van der Waals surface area contributed by atoms with E-state index in [9.17, 15) is 4.79 Å². The molecule has 1 aliphatic rings. The Bertz CT molecular complexity index is 486. The van der Waals surface area contributed by atoms with Crippen molar-refractivity contribution in [1.29, 1.82) is 0 Å². The molecule has 5 heteroatoms. The van der Waals surface area contributed by atoms with Gasteiger partial charge in [0.15, 0.2) is 5.78 Å². The summed E-state index contributed by atoms with van der Waals surface area (Å²) in [5.41, 5.74) is 0.710. The average molecular weight is 356 g/mol. The zero-order chi connectivity index (χ0) is 15.2. The van der Waals surface area contributed by atoms with Crippen LogP contribution in [-0.2, 0) is 4.74 Å². The minimum atomic E-state index is 0.132. The Morgan fingerprint density at radius 2 is 2.14 bits per heavy atom. The minimum absolute atomic E-state index is 0.132. The van der Waals surface area contributed by atoms with Crippen LogP contribution in [0.5, 0.6) is 5.75 Å². The zero-order valence-corrected chi connectivity index (χ0v) is 14.2. The number of Topliss-reactive ketones (excluding diaryl/α,β-unsaturated/α-hetero) is 1. The lowest BCUT2D eigenvalue weighted by Crippen LogP contribution is -2.33. The summed E-state index contributed by atoms with van der Waals surface area (Å²) in [6.07, 6.45) is 2.18. The highest BCUT2D eigenvalue weighted by molar-refractivity contribution is 9.10. The van der Waals surface area contributed by atoms with Crippen molar-refractivity contribution >= 4 is 21.7 Å². The fourth-order valence-electron chi connectivity index (χ4n) is 2.61. The van der Waals surface area contributed by atoms with E-state index in [1.54, 1.807) is 7.11 Å². The highest BCUT2D eigenvalue weighted by atomic mass is 79.9. The summed E-state index contributed by atoms with van der Waals surface area (Å²) in [5, 5.41) is 0. The lowest BCUT2D eigenvalue weighted by molar-refractivity contribution is 0.0549. The van der Waals surface area contributed by atoms with E-state index in [-0.39, 0.29) is 5.78 Å². The first-order valence-electron chi connectivity index (χ1n) is 7.23. The molecular formula is C16H22BrNO3. The SMILES string of the molecule is COc1ccc(C(=O)CN(C)CC2CCOCC2)cc1Br. The number of benzene rings is 1. The van der Waals surface area contributed by atoms with Crippen molar-refractivity contribution in [2.24, 2.45) is 5.92 Å². The van der Waals surface area contributed by atoms with Crippen LogP contribution in [0.4, 0.5) is 0 Å². The topological polar surface area (TPSA) is 38.8 Å². The lowest BCUT2D eigenvalue weighted by atomic mass is 9.99. The van der Waals surface area contributed by atoms with Crippen LogP contribution < -0.4 is 4.74 Å². The summed E-state index contributed by atoms with van der Waals surface area (Å²) < 4.78 is 11.4. The van der Waals surface area contributed by atoms with E-state index in [1.807, 2.05) is 25.2 Å². The van der Waals surface area contributed by atoms with Gasteiger partial charge in [0.25, 0.3) is 0 Å². The summed E-state index contributed by atoms with van der Waals surface area (Å²) in [6.45, 7) is 3.08. The molecule has 0 aliphatic carbocycles. The summed E-state index contributed by atoms with van der Waals surface area (Å²) in [5.74, 6) is 1.51. The second-order valence-electron chi connectivity index (χ2n) is 5.53. The van der Waals surface area contributed by atoms with Crippen LogP contribution >= 0.6 is 15.9 Å². The van der Waals surface area contributed by atoms with Crippen molar-refractivity contribution in [2.75, 3.05) is 40.5 Å². The molecule has 0 atom stereocenters. The Kier molecular flexibility index (Phi) is 6.21. The number of methoxy groups -OCH3 is 1. The van der Waals surface area contributed by atoms with E-state index in [0.717, 1.165) is 42.8 Å². The summed E-state index contributed by atoms with van der Waals surface area (Å²) in [4.78, 5) is 14.4. The minimum Gasteiger partial charge on any atom is -0.496 e. The molecule has 1 fully saturated rings. The van der Waals surface area contributed by atoms with Gasteiger partial charge in [0.2, 0.25) is 0 Å². The molecule has 1 heterocycles. The molecule has 1 aromatic carbocycles. The second kappa shape index (κ2) is 7.92. The Morgan fingerprint density at radius 3 is 2.76 bits per heavy atom. The summed E-state index contributed by atoms with van der Waals surface area (Å²) >= 11 is 3.42. The van der Waals surface area contributed by atoms with Crippen molar-refractivity contribution in [1.82, 2.24) is 4.90 Å². The molecular weight excluding hydrogens is 334 g/mol. The predicted molar refractivity (Wildman–Crippen MR) is 86.1 cm³/mol. The van der Waals surface area contributed by atoms with E-state index in [0.29, 0.717) is 18.0 Å². The highest BCUT2D eigenvalue weighted by Crippen LogP contribution is 2.25. The Labute approximate surface area is 134 Å². The molecule has 0 unspecified atom stereocenters. The van der Waals surface area contributed by atoms with Crippen LogP contribution in [0.1, 0.15) is 23.2 Å². The molecule has 0 bridgehead atoms. The maximum Gasteiger partial charge on any atom is 0.176 e. The van der Waals surface area contributed by atoms with E-state index >= 15 is 0 Å². The van der Waals surface area contributed by atoms with Crippen molar-refractivity contribution in [3.63, 3.8) is 0 Å². The number of nitrogens with zero attached hydrogens (tertiary/aromatic N) is 1. The molecule has 21 heavy (non-hydrogen) atoms. The van der Waals surface area contributed by atoms with Crippen LogP contribution in [0, 0.1) is 5.92 Å². The average Bonchev–Trinajstić information content (AvgIpc) is 2.48. The number of carbonyl (C=O) groups excluding carboxylic acids is 1. The third-order valence-electron chi connectivity index (χ3n) is 3.80. The normalized spacial score (nSPS) is 16.2. The number of ether oxygens (including phenoxy) is 2. The molecule has 0 amide bonds. The van der Waals surface area contributed by atoms with Gasteiger partial charge in [-0.2, -0.15) is 0 Å². The summed E-state index contributed by atoms with van der Waals surface area (Å²) in [7, 11) is 3.62. The van der Waals surface area contributed by atoms with Gasteiger partial charge in [0, 0.05) is 25.3 Å². The molecule has 1 saturated heterocycles. The van der Waals surface area contributed by atoms with Crippen LogP contribution in [-0.4, -0.2) is 51.1 Å². The maximum absolute atomic E-state index is 12.3. The first-order chi connectivity index (χ1) is 10.1. The van der Waals surface area contributed by atoms with Gasteiger partial charge >= 0.3 is 0 Å². The number of ketones is 1. The Morgan fingerprint density at radius 1 is 1.43 bits per heavy atom. The van der Waals surface area contributed by atoms with Gasteiger partial charge in [-0.1, -0.05) is 0 Å². The quantitative estimate of drug-likeness (QED) is 0.735. The number of hydrogen-bond donors (Lipinski definition) is 0. The molecule has 0 saturated carbocycles. The molecule has 2 rings (SSSR count). The smallest absolute Gasteiger partial charge is 0.176 e. The van der Waals surface area contributed by atoms with Gasteiger partial charge in [-0.15, -0.1) is 0 Å². The molecule has 4 nitrogen and oxygen atoms in total. The summed E-state index contributed by atoms with van der Waals surface area (Å²) in [6, 6.07) is 5.45. The molecule has 0 radical (unpaired) electrons. The molecule has 116 valence electrons. The van der Waals surface area contributed by atoms with Gasteiger partial charge in [0.1, 0.15) is 5.75 Å². The van der Waals surface area contributed by atoms with Crippen LogP contribution in [0.3, 0.4) is 0 Å². The first-order valence-corrected chi connectivity index (χ1v) is 8.02. The maximum atomic E-state index is 12.3. The monoisotopic (exact) mass is 355 g/mol. The lowest BCUT2D eigenvalue weighted by Gasteiger charge is -2.26. The van der Waals surface area contributed by atoms with Crippen molar-refractivity contribution in [3.05, 3.63) is 28.2 Å². The van der Waals surface area contributed by atoms with Gasteiger partial charge in [-0.3, -0.25) is 9.69 Å². The van der Waals surface area contributed by atoms with Crippen molar-refractivity contribution < 1.29 is 14.3 Å². The van der Waals surface area contributed by atoms with Crippen molar-refractivity contribution in [3.8, 4) is 5.75 Å². The largest absolute Gasteiger partial charge is 0.496 e. The third kappa shape index (κ3) is 4.80. The van der Waals surface area contributed by atoms with E-state index < -0.39 is 0 Å². The van der Waals surface area contributed by atoms with Gasteiger partial charge in [0.05, 0.1) is 18.1 Å². The molecule has 1 aliphatic heterocycles. The number of likely N-dealkylation sites (N-methyl/N-ethyl adjacent to an activating group) is 1. The fourth-order valence-corrected chi connectivity index (χ4v) is 3.15. The number of carbonyl (C=O) groups is 1. The second-order valence-corrected chi connectivity index (χ2v) is 6.38. The van der Waals surface area contributed by atoms with E-state index in [1.165, 1.54) is 0 Å². The number of rotatable bonds is 6.